The van der Waals surface area contributed by atoms with Gasteiger partial charge in [0.15, 0.2) is 5.92 Å². The zero-order valence-corrected chi connectivity index (χ0v) is 6.00. The molecule has 0 aromatic carbocycles. The van der Waals surface area contributed by atoms with Gasteiger partial charge in [-0.2, -0.15) is 26.3 Å². The van der Waals surface area contributed by atoms with Crippen molar-refractivity contribution in [3.63, 3.8) is 0 Å². The van der Waals surface area contributed by atoms with Crippen molar-refractivity contribution in [3.05, 3.63) is 0 Å². The van der Waals surface area contributed by atoms with Crippen molar-refractivity contribution in [2.45, 2.75) is 25.3 Å². The molecule has 0 aromatic rings. The summed E-state index contributed by atoms with van der Waals surface area (Å²) in [6.45, 7) is 0.672. The third-order valence-corrected chi connectivity index (χ3v) is 1.23. The van der Waals surface area contributed by atoms with Gasteiger partial charge in [-0.1, -0.05) is 0 Å². The number of rotatable bonds is 1. The highest BCUT2D eigenvalue weighted by atomic mass is 19.4. The summed E-state index contributed by atoms with van der Waals surface area (Å²) in [5.74, 6) is -3.44. The van der Waals surface area contributed by atoms with Crippen LogP contribution in [-0.2, 0) is 0 Å². The van der Waals surface area contributed by atoms with E-state index in [0.29, 0.717) is 6.92 Å². The molecule has 0 saturated heterocycles. The minimum Gasteiger partial charge on any atom is -0.327 e. The summed E-state index contributed by atoms with van der Waals surface area (Å²) in [6.07, 6.45) is -10.7. The topological polar surface area (TPSA) is 26.0 Å². The highest BCUT2D eigenvalue weighted by Crippen LogP contribution is 2.40. The molecule has 12 heavy (non-hydrogen) atoms. The molecular formula is C5H7F6N. The van der Waals surface area contributed by atoms with Crippen LogP contribution in [0.1, 0.15) is 6.92 Å². The standard InChI is InChI=1S/C5H7F6N/c1-2(12)3(4(6,7)8)5(9,10)11/h2-3H,12H2,1H3. The number of hydrogen-bond donors (Lipinski definition) is 1. The average molecular weight is 195 g/mol. The van der Waals surface area contributed by atoms with Crippen LogP contribution in [0.15, 0.2) is 0 Å². The van der Waals surface area contributed by atoms with Crippen molar-refractivity contribution in [3.8, 4) is 0 Å². The maximum Gasteiger partial charge on any atom is 0.401 e. The van der Waals surface area contributed by atoms with Crippen LogP contribution in [0.5, 0.6) is 0 Å². The van der Waals surface area contributed by atoms with Gasteiger partial charge in [0.1, 0.15) is 0 Å². The molecule has 7 heteroatoms. The van der Waals surface area contributed by atoms with Gasteiger partial charge in [-0.25, -0.2) is 0 Å². The molecule has 0 amide bonds. The van der Waals surface area contributed by atoms with Crippen molar-refractivity contribution in [1.29, 1.82) is 0 Å². The van der Waals surface area contributed by atoms with E-state index >= 15 is 0 Å². The van der Waals surface area contributed by atoms with Crippen molar-refractivity contribution in [2.24, 2.45) is 11.7 Å². The predicted octanol–water partition coefficient (Wildman–Crippen LogP) is 2.07. The molecule has 0 aliphatic rings. The van der Waals surface area contributed by atoms with Crippen LogP contribution in [0.4, 0.5) is 26.3 Å². The summed E-state index contributed by atoms with van der Waals surface area (Å²) < 4.78 is 70.0. The average Bonchev–Trinajstić information content (AvgIpc) is 1.49. The number of halogens is 6. The molecular weight excluding hydrogens is 188 g/mol. The second-order valence-corrected chi connectivity index (χ2v) is 2.42. The van der Waals surface area contributed by atoms with E-state index in [2.05, 4.69) is 5.73 Å². The monoisotopic (exact) mass is 195 g/mol. The first-order valence-corrected chi connectivity index (χ1v) is 2.96. The second-order valence-electron chi connectivity index (χ2n) is 2.42. The fourth-order valence-corrected chi connectivity index (χ4v) is 0.782. The highest BCUT2D eigenvalue weighted by molar-refractivity contribution is 4.81. The van der Waals surface area contributed by atoms with E-state index in [0.717, 1.165) is 0 Å². The maximum atomic E-state index is 11.7. The third-order valence-electron chi connectivity index (χ3n) is 1.23. The number of hydrogen-bond acceptors (Lipinski definition) is 1. The van der Waals surface area contributed by atoms with Crippen LogP contribution in [0.3, 0.4) is 0 Å². The molecule has 0 aliphatic heterocycles. The molecule has 74 valence electrons. The van der Waals surface area contributed by atoms with Gasteiger partial charge in [0.2, 0.25) is 0 Å². The maximum absolute atomic E-state index is 11.7. The Kier molecular flexibility index (Phi) is 3.00. The van der Waals surface area contributed by atoms with Crippen LogP contribution in [0, 0.1) is 5.92 Å². The van der Waals surface area contributed by atoms with Gasteiger partial charge in [0.25, 0.3) is 0 Å². The molecule has 1 nitrogen and oxygen atoms in total. The van der Waals surface area contributed by atoms with Crippen LogP contribution < -0.4 is 5.73 Å². The van der Waals surface area contributed by atoms with Gasteiger partial charge < -0.3 is 5.73 Å². The Bertz CT molecular complexity index is 131. The minimum absolute atomic E-state index is 0.672. The van der Waals surface area contributed by atoms with E-state index in [4.69, 9.17) is 0 Å². The molecule has 0 rings (SSSR count). The summed E-state index contributed by atoms with van der Waals surface area (Å²) in [5.41, 5.74) is 4.57. The molecule has 1 atom stereocenters. The largest absolute Gasteiger partial charge is 0.401 e. The first-order valence-electron chi connectivity index (χ1n) is 2.96. The lowest BCUT2D eigenvalue weighted by molar-refractivity contribution is -0.288. The smallest absolute Gasteiger partial charge is 0.327 e. The first-order chi connectivity index (χ1) is 5.07. The highest BCUT2D eigenvalue weighted by Gasteiger charge is 2.58. The zero-order chi connectivity index (χ0) is 10.2. The predicted molar refractivity (Wildman–Crippen MR) is 29.2 cm³/mol. The Morgan fingerprint density at radius 1 is 0.917 bits per heavy atom. The van der Waals surface area contributed by atoms with Crippen molar-refractivity contribution < 1.29 is 26.3 Å². The zero-order valence-electron chi connectivity index (χ0n) is 6.00. The van der Waals surface area contributed by atoms with Crippen molar-refractivity contribution in [1.82, 2.24) is 0 Å². The van der Waals surface area contributed by atoms with Gasteiger partial charge in [-0.05, 0) is 6.92 Å². The minimum atomic E-state index is -5.33. The Morgan fingerprint density at radius 3 is 1.17 bits per heavy atom. The van der Waals surface area contributed by atoms with Gasteiger partial charge in [0, 0.05) is 6.04 Å². The van der Waals surface area contributed by atoms with Crippen LogP contribution in [-0.4, -0.2) is 18.4 Å². The molecule has 0 heterocycles. The van der Waals surface area contributed by atoms with E-state index in [-0.39, 0.29) is 0 Å². The lowest BCUT2D eigenvalue weighted by atomic mass is 10.0. The normalized spacial score (nSPS) is 16.8. The lowest BCUT2D eigenvalue weighted by Crippen LogP contribution is -2.47. The van der Waals surface area contributed by atoms with Gasteiger partial charge in [0.05, 0.1) is 0 Å². The molecule has 0 spiro atoms. The molecule has 0 bridgehead atoms. The Balaban J connectivity index is 4.70. The third kappa shape index (κ3) is 2.88. The molecule has 0 fully saturated rings. The summed E-state index contributed by atoms with van der Waals surface area (Å²) in [7, 11) is 0. The lowest BCUT2D eigenvalue weighted by Gasteiger charge is -2.25. The summed E-state index contributed by atoms with van der Waals surface area (Å²) in [4.78, 5) is 0. The van der Waals surface area contributed by atoms with Crippen LogP contribution in [0.25, 0.3) is 0 Å². The molecule has 0 aromatic heterocycles. The van der Waals surface area contributed by atoms with E-state index in [1.807, 2.05) is 0 Å². The molecule has 1 unspecified atom stereocenters. The SMILES string of the molecule is CC(N)C(C(F)(F)F)C(F)(F)F. The van der Waals surface area contributed by atoms with Gasteiger partial charge in [-0.15, -0.1) is 0 Å². The second kappa shape index (κ2) is 3.12. The van der Waals surface area contributed by atoms with Crippen molar-refractivity contribution in [2.75, 3.05) is 0 Å². The Morgan fingerprint density at radius 2 is 1.17 bits per heavy atom. The molecule has 0 radical (unpaired) electrons. The molecule has 2 N–H and O–H groups in total. The molecule has 0 aliphatic carbocycles. The van der Waals surface area contributed by atoms with Gasteiger partial charge in [-0.3, -0.25) is 0 Å². The quantitative estimate of drug-likeness (QED) is 0.637. The van der Waals surface area contributed by atoms with E-state index in [9.17, 15) is 26.3 Å². The Hall–Kier alpha value is -0.460. The summed E-state index contributed by atoms with van der Waals surface area (Å²) in [6, 6.07) is -1.98. The first kappa shape index (κ1) is 11.5. The van der Waals surface area contributed by atoms with Crippen LogP contribution in [0.2, 0.25) is 0 Å². The fraction of sp³-hybridized carbons (Fsp3) is 1.00. The van der Waals surface area contributed by atoms with Crippen molar-refractivity contribution >= 4 is 0 Å². The number of alkyl halides is 6. The Labute approximate surface area is 64.5 Å². The van der Waals surface area contributed by atoms with Crippen LogP contribution >= 0.6 is 0 Å². The van der Waals surface area contributed by atoms with E-state index in [1.54, 1.807) is 0 Å². The van der Waals surface area contributed by atoms with Gasteiger partial charge >= 0.3 is 12.4 Å². The summed E-state index contributed by atoms with van der Waals surface area (Å²) in [5, 5.41) is 0. The fourth-order valence-electron chi connectivity index (χ4n) is 0.782. The number of nitrogens with two attached hydrogens (primary N) is 1. The van der Waals surface area contributed by atoms with E-state index in [1.165, 1.54) is 0 Å². The van der Waals surface area contributed by atoms with E-state index < -0.39 is 24.3 Å². The summed E-state index contributed by atoms with van der Waals surface area (Å²) >= 11 is 0. The molecule has 0 saturated carbocycles.